The van der Waals surface area contributed by atoms with E-state index in [0.29, 0.717) is 33.9 Å². The Morgan fingerprint density at radius 2 is 2.10 bits per heavy atom. The summed E-state index contributed by atoms with van der Waals surface area (Å²) in [4.78, 5) is 28.7. The molecule has 1 fully saturated rings. The molecule has 0 unspecified atom stereocenters. The van der Waals surface area contributed by atoms with Crippen LogP contribution in [0.15, 0.2) is 52.4 Å². The summed E-state index contributed by atoms with van der Waals surface area (Å²) in [7, 11) is 0. The number of para-hydroxylation sites is 1. The molecule has 1 atom stereocenters. The van der Waals surface area contributed by atoms with E-state index in [1.165, 1.54) is 17.8 Å². The Balaban J connectivity index is 1.70. The molecule has 29 heavy (non-hydrogen) atoms. The fraction of sp³-hybridized carbons (Fsp3) is 0.333. The van der Waals surface area contributed by atoms with Gasteiger partial charge in [0.2, 0.25) is 0 Å². The average molecular weight is 411 g/mol. The van der Waals surface area contributed by atoms with Gasteiger partial charge in [0.05, 0.1) is 28.5 Å². The maximum atomic E-state index is 13.1. The highest BCUT2D eigenvalue weighted by Crippen LogP contribution is 2.28. The van der Waals surface area contributed by atoms with Gasteiger partial charge in [-0.3, -0.25) is 19.5 Å². The molecular formula is C21H21N3O4S. The number of benzene rings is 2. The van der Waals surface area contributed by atoms with E-state index in [2.05, 4.69) is 0 Å². The van der Waals surface area contributed by atoms with Gasteiger partial charge in [0.15, 0.2) is 5.16 Å². The maximum Gasteiger partial charge on any atom is 0.272 e. The van der Waals surface area contributed by atoms with Gasteiger partial charge in [-0.15, -0.1) is 0 Å². The van der Waals surface area contributed by atoms with Gasteiger partial charge in [0, 0.05) is 24.0 Å². The van der Waals surface area contributed by atoms with Crippen LogP contribution in [0.1, 0.15) is 24.0 Å². The Kier molecular flexibility index (Phi) is 5.64. The molecule has 0 spiro atoms. The third-order valence-electron chi connectivity index (χ3n) is 5.21. The Morgan fingerprint density at radius 3 is 2.86 bits per heavy atom. The molecule has 0 aliphatic carbocycles. The number of nitro groups is 1. The van der Waals surface area contributed by atoms with E-state index >= 15 is 0 Å². The minimum Gasteiger partial charge on any atom is -0.376 e. The van der Waals surface area contributed by atoms with Crippen LogP contribution in [0.2, 0.25) is 0 Å². The van der Waals surface area contributed by atoms with Crippen molar-refractivity contribution in [1.82, 2.24) is 9.55 Å². The van der Waals surface area contributed by atoms with Crippen LogP contribution >= 0.6 is 11.8 Å². The molecule has 4 rings (SSSR count). The number of ether oxygens (including phenoxy) is 1. The summed E-state index contributed by atoms with van der Waals surface area (Å²) in [6, 6.07) is 12.4. The Labute approximate surface area is 171 Å². The van der Waals surface area contributed by atoms with Gasteiger partial charge < -0.3 is 4.74 Å². The molecule has 1 aliphatic heterocycles. The van der Waals surface area contributed by atoms with Crippen molar-refractivity contribution in [3.8, 4) is 0 Å². The summed E-state index contributed by atoms with van der Waals surface area (Å²) in [5, 5.41) is 12.4. The number of fused-ring (bicyclic) bond motifs is 1. The second kappa shape index (κ2) is 8.34. The van der Waals surface area contributed by atoms with E-state index in [4.69, 9.17) is 9.72 Å². The van der Waals surface area contributed by atoms with Crippen LogP contribution in [0.4, 0.5) is 5.69 Å². The van der Waals surface area contributed by atoms with Crippen molar-refractivity contribution < 1.29 is 9.66 Å². The lowest BCUT2D eigenvalue weighted by Gasteiger charge is -2.16. The van der Waals surface area contributed by atoms with Gasteiger partial charge in [0.25, 0.3) is 11.2 Å². The molecule has 1 aromatic heterocycles. The number of nitrogens with zero attached hydrogens (tertiary/aromatic N) is 3. The normalized spacial score (nSPS) is 16.4. The van der Waals surface area contributed by atoms with Gasteiger partial charge in [0.1, 0.15) is 0 Å². The number of hydrogen-bond donors (Lipinski definition) is 0. The lowest BCUT2D eigenvalue weighted by molar-refractivity contribution is -0.385. The first-order valence-corrected chi connectivity index (χ1v) is 10.5. The third-order valence-corrected chi connectivity index (χ3v) is 6.23. The van der Waals surface area contributed by atoms with E-state index in [1.807, 2.05) is 24.3 Å². The largest absolute Gasteiger partial charge is 0.376 e. The summed E-state index contributed by atoms with van der Waals surface area (Å²) >= 11 is 1.42. The highest BCUT2D eigenvalue weighted by Gasteiger charge is 2.21. The zero-order valence-corrected chi connectivity index (χ0v) is 16.9. The Morgan fingerprint density at radius 1 is 1.28 bits per heavy atom. The predicted octanol–water partition coefficient (Wildman–Crippen LogP) is 4.08. The molecule has 1 aliphatic rings. The highest BCUT2D eigenvalue weighted by atomic mass is 32.2. The molecule has 0 saturated carbocycles. The van der Waals surface area contributed by atoms with E-state index in [1.54, 1.807) is 23.6 Å². The number of rotatable bonds is 6. The number of nitro benzene ring substituents is 1. The molecule has 1 saturated heterocycles. The van der Waals surface area contributed by atoms with E-state index < -0.39 is 0 Å². The first-order chi connectivity index (χ1) is 14.0. The standard InChI is InChI=1S/C21H21N3O4S/c1-14-15(6-4-10-19(14)24(26)27)13-29-21-22-18-9-3-2-8-17(18)20(25)23(21)12-16-7-5-11-28-16/h2-4,6,8-10,16H,5,7,11-13H2,1H3/t16-/m0/s1. The molecule has 0 N–H and O–H groups in total. The first kappa shape index (κ1) is 19.6. The zero-order chi connectivity index (χ0) is 20.4. The smallest absolute Gasteiger partial charge is 0.272 e. The molecule has 150 valence electrons. The molecule has 2 heterocycles. The summed E-state index contributed by atoms with van der Waals surface area (Å²) in [5.41, 5.74) is 2.17. The van der Waals surface area contributed by atoms with E-state index in [-0.39, 0.29) is 22.3 Å². The summed E-state index contributed by atoms with van der Waals surface area (Å²) < 4.78 is 7.42. The molecule has 0 radical (unpaired) electrons. The second-order valence-corrected chi connectivity index (χ2v) is 8.01. The van der Waals surface area contributed by atoms with E-state index in [0.717, 1.165) is 25.0 Å². The molecule has 0 amide bonds. The fourth-order valence-electron chi connectivity index (χ4n) is 3.58. The summed E-state index contributed by atoms with van der Waals surface area (Å²) in [5.74, 6) is 0.490. The molecular weight excluding hydrogens is 390 g/mol. The molecule has 0 bridgehead atoms. The van der Waals surface area contributed by atoms with E-state index in [9.17, 15) is 14.9 Å². The van der Waals surface area contributed by atoms with Crippen LogP contribution in [0, 0.1) is 17.0 Å². The van der Waals surface area contributed by atoms with Crippen molar-refractivity contribution >= 4 is 28.4 Å². The van der Waals surface area contributed by atoms with Crippen LogP contribution in [0.5, 0.6) is 0 Å². The maximum absolute atomic E-state index is 13.1. The third kappa shape index (κ3) is 4.04. The number of thioether (sulfide) groups is 1. The molecule has 8 heteroatoms. The van der Waals surface area contributed by atoms with Crippen molar-refractivity contribution in [3.05, 3.63) is 74.1 Å². The van der Waals surface area contributed by atoms with Crippen LogP contribution in [0.3, 0.4) is 0 Å². The van der Waals surface area contributed by atoms with Gasteiger partial charge in [-0.1, -0.05) is 36.0 Å². The van der Waals surface area contributed by atoms with Crippen molar-refractivity contribution in [2.45, 2.75) is 43.3 Å². The monoisotopic (exact) mass is 411 g/mol. The van der Waals surface area contributed by atoms with Gasteiger partial charge in [-0.2, -0.15) is 0 Å². The van der Waals surface area contributed by atoms with Crippen molar-refractivity contribution in [2.24, 2.45) is 0 Å². The van der Waals surface area contributed by atoms with Crippen molar-refractivity contribution in [2.75, 3.05) is 6.61 Å². The average Bonchev–Trinajstić information content (AvgIpc) is 3.23. The van der Waals surface area contributed by atoms with Crippen molar-refractivity contribution in [1.29, 1.82) is 0 Å². The Hall–Kier alpha value is -2.71. The van der Waals surface area contributed by atoms with Gasteiger partial charge in [-0.05, 0) is 37.5 Å². The van der Waals surface area contributed by atoms with Gasteiger partial charge >= 0.3 is 0 Å². The molecule has 3 aromatic rings. The summed E-state index contributed by atoms with van der Waals surface area (Å²) in [6.45, 7) is 2.93. The van der Waals surface area contributed by atoms with Crippen LogP contribution in [-0.2, 0) is 17.0 Å². The fourth-order valence-corrected chi connectivity index (χ4v) is 4.65. The minimum absolute atomic E-state index is 0.00885. The first-order valence-electron chi connectivity index (χ1n) is 9.51. The van der Waals surface area contributed by atoms with Crippen LogP contribution < -0.4 is 5.56 Å². The lowest BCUT2D eigenvalue weighted by atomic mass is 10.1. The molecule has 2 aromatic carbocycles. The summed E-state index contributed by atoms with van der Waals surface area (Å²) in [6.07, 6.45) is 1.93. The topological polar surface area (TPSA) is 87.3 Å². The Bertz CT molecular complexity index is 1120. The SMILES string of the molecule is Cc1c(CSc2nc3ccccc3c(=O)n2C[C@@H]2CCCO2)cccc1[N+](=O)[O-]. The lowest BCUT2D eigenvalue weighted by Crippen LogP contribution is -2.28. The van der Waals surface area contributed by atoms with Crippen molar-refractivity contribution in [3.63, 3.8) is 0 Å². The zero-order valence-electron chi connectivity index (χ0n) is 16.0. The highest BCUT2D eigenvalue weighted by molar-refractivity contribution is 7.98. The second-order valence-electron chi connectivity index (χ2n) is 7.07. The number of aromatic nitrogens is 2. The quantitative estimate of drug-likeness (QED) is 0.263. The minimum atomic E-state index is -0.370. The van der Waals surface area contributed by atoms with Crippen LogP contribution in [0.25, 0.3) is 10.9 Å². The number of hydrogen-bond acceptors (Lipinski definition) is 6. The predicted molar refractivity (Wildman–Crippen MR) is 112 cm³/mol. The van der Waals surface area contributed by atoms with Crippen LogP contribution in [-0.4, -0.2) is 27.2 Å². The van der Waals surface area contributed by atoms with Gasteiger partial charge in [-0.25, -0.2) is 4.98 Å². The molecule has 7 nitrogen and oxygen atoms in total.